The van der Waals surface area contributed by atoms with Crippen LogP contribution in [0.5, 0.6) is 0 Å². The molecule has 3 heterocycles. The number of fused-ring (bicyclic) bond motifs is 2. The number of likely N-dealkylation sites (tertiary alicyclic amines) is 1. The fourth-order valence-electron chi connectivity index (χ4n) is 3.65. The molecule has 0 spiro atoms. The van der Waals surface area contributed by atoms with E-state index >= 15 is 0 Å². The predicted molar refractivity (Wildman–Crippen MR) is 95.7 cm³/mol. The zero-order chi connectivity index (χ0) is 16.4. The first kappa shape index (κ1) is 16.7. The molecule has 0 radical (unpaired) electrons. The molecule has 23 heavy (non-hydrogen) atoms. The van der Waals surface area contributed by atoms with Gasteiger partial charge in [-0.2, -0.15) is 0 Å². The van der Waals surface area contributed by atoms with Crippen molar-refractivity contribution in [3.05, 3.63) is 34.0 Å². The van der Waals surface area contributed by atoms with Gasteiger partial charge in [-0.15, -0.1) is 11.3 Å². The summed E-state index contributed by atoms with van der Waals surface area (Å²) in [6.45, 7) is 5.79. The molecule has 2 atom stereocenters. The highest BCUT2D eigenvalue weighted by Gasteiger charge is 2.40. The van der Waals surface area contributed by atoms with E-state index in [1.807, 2.05) is 36.4 Å². The third-order valence-corrected chi connectivity index (χ3v) is 5.80. The topological polar surface area (TPSA) is 26.8 Å². The monoisotopic (exact) mass is 333 g/mol. The van der Waals surface area contributed by atoms with Crippen LogP contribution in [-0.2, 0) is 11.3 Å². The number of hydrogen-bond acceptors (Lipinski definition) is 4. The first-order valence-corrected chi connectivity index (χ1v) is 9.26. The standard InChI is InChI=1S/C18H27N3OS/c1-14-6-9-17(23-14)13-21-15-7-8-16(21)12-20(11-15)18(22)5-4-10-19(2)3/h4-6,9,15-16H,7-8,10-13H2,1-3H3/b5-4+. The van der Waals surface area contributed by atoms with Crippen molar-refractivity contribution in [3.63, 3.8) is 0 Å². The number of piperazine rings is 1. The second kappa shape index (κ2) is 7.16. The Morgan fingerprint density at radius 3 is 2.57 bits per heavy atom. The zero-order valence-electron chi connectivity index (χ0n) is 14.4. The van der Waals surface area contributed by atoms with Crippen LogP contribution < -0.4 is 0 Å². The van der Waals surface area contributed by atoms with Gasteiger partial charge in [-0.3, -0.25) is 9.69 Å². The van der Waals surface area contributed by atoms with Gasteiger partial charge in [-0.05, 0) is 46.0 Å². The van der Waals surface area contributed by atoms with E-state index < -0.39 is 0 Å². The van der Waals surface area contributed by atoms with Gasteiger partial charge < -0.3 is 9.80 Å². The van der Waals surface area contributed by atoms with Crippen molar-refractivity contribution in [1.82, 2.24) is 14.7 Å². The number of nitrogens with zero attached hydrogens (tertiary/aromatic N) is 3. The van der Waals surface area contributed by atoms with Crippen LogP contribution in [0.4, 0.5) is 0 Å². The van der Waals surface area contributed by atoms with E-state index in [9.17, 15) is 4.79 Å². The largest absolute Gasteiger partial charge is 0.336 e. The van der Waals surface area contributed by atoms with Crippen molar-refractivity contribution in [3.8, 4) is 0 Å². The van der Waals surface area contributed by atoms with Gasteiger partial charge in [0.2, 0.25) is 5.91 Å². The molecule has 0 N–H and O–H groups in total. The lowest BCUT2D eigenvalue weighted by atomic mass is 10.1. The van der Waals surface area contributed by atoms with Crippen LogP contribution in [0.3, 0.4) is 0 Å². The van der Waals surface area contributed by atoms with Crippen molar-refractivity contribution in [2.24, 2.45) is 0 Å². The summed E-state index contributed by atoms with van der Waals surface area (Å²) >= 11 is 1.90. The minimum Gasteiger partial charge on any atom is -0.336 e. The van der Waals surface area contributed by atoms with Crippen LogP contribution in [0.2, 0.25) is 0 Å². The Morgan fingerprint density at radius 1 is 1.30 bits per heavy atom. The SMILES string of the molecule is Cc1ccc(CN2C3CCC2CN(C(=O)/C=C/CN(C)C)C3)s1. The van der Waals surface area contributed by atoms with Crippen LogP contribution in [0.15, 0.2) is 24.3 Å². The quantitative estimate of drug-likeness (QED) is 0.774. The molecule has 2 fully saturated rings. The summed E-state index contributed by atoms with van der Waals surface area (Å²) in [4.78, 5) is 21.9. The summed E-state index contributed by atoms with van der Waals surface area (Å²) in [6, 6.07) is 5.52. The molecule has 0 aliphatic carbocycles. The van der Waals surface area contributed by atoms with Crippen LogP contribution >= 0.6 is 11.3 Å². The molecule has 1 aromatic rings. The Morgan fingerprint density at radius 2 is 2.00 bits per heavy atom. The highest BCUT2D eigenvalue weighted by Crippen LogP contribution is 2.32. The van der Waals surface area contributed by atoms with Crippen molar-refractivity contribution < 1.29 is 4.79 Å². The molecule has 2 unspecified atom stereocenters. The molecule has 126 valence electrons. The van der Waals surface area contributed by atoms with Gasteiger partial charge in [0.25, 0.3) is 0 Å². The first-order chi connectivity index (χ1) is 11.0. The molecule has 1 aromatic heterocycles. The molecule has 0 saturated carbocycles. The third-order valence-electron chi connectivity index (χ3n) is 4.81. The van der Waals surface area contributed by atoms with Crippen LogP contribution in [0.1, 0.15) is 22.6 Å². The van der Waals surface area contributed by atoms with E-state index in [2.05, 4.69) is 28.9 Å². The lowest BCUT2D eigenvalue weighted by Gasteiger charge is -2.40. The van der Waals surface area contributed by atoms with E-state index in [-0.39, 0.29) is 5.91 Å². The molecule has 2 saturated heterocycles. The van der Waals surface area contributed by atoms with Gasteiger partial charge in [0.05, 0.1) is 0 Å². The van der Waals surface area contributed by atoms with Gasteiger partial charge in [0, 0.05) is 54.1 Å². The fraction of sp³-hybridized carbons (Fsp3) is 0.611. The highest BCUT2D eigenvalue weighted by atomic mass is 32.1. The lowest BCUT2D eigenvalue weighted by molar-refractivity contribution is -0.129. The highest BCUT2D eigenvalue weighted by molar-refractivity contribution is 7.11. The van der Waals surface area contributed by atoms with Gasteiger partial charge >= 0.3 is 0 Å². The summed E-state index contributed by atoms with van der Waals surface area (Å²) in [5.74, 6) is 0.176. The molecule has 0 aromatic carbocycles. The molecular formula is C18H27N3OS. The van der Waals surface area contributed by atoms with Crippen molar-refractivity contribution in [2.75, 3.05) is 33.7 Å². The minimum absolute atomic E-state index is 0.176. The lowest BCUT2D eigenvalue weighted by Crippen LogP contribution is -2.54. The maximum absolute atomic E-state index is 12.4. The third kappa shape index (κ3) is 4.03. The van der Waals surface area contributed by atoms with E-state index in [0.717, 1.165) is 26.2 Å². The molecule has 4 nitrogen and oxygen atoms in total. The van der Waals surface area contributed by atoms with Gasteiger partial charge in [0.1, 0.15) is 0 Å². The summed E-state index contributed by atoms with van der Waals surface area (Å²) in [5.41, 5.74) is 0. The Hall–Kier alpha value is -1.17. The number of rotatable bonds is 5. The van der Waals surface area contributed by atoms with E-state index in [4.69, 9.17) is 0 Å². The molecule has 1 amide bonds. The number of aryl methyl sites for hydroxylation is 1. The number of amides is 1. The molecule has 5 heteroatoms. The first-order valence-electron chi connectivity index (χ1n) is 8.44. The molecule has 3 rings (SSSR count). The Labute approximate surface area is 143 Å². The number of carbonyl (C=O) groups excluding carboxylic acids is 1. The molecular weight excluding hydrogens is 306 g/mol. The second-order valence-electron chi connectivity index (χ2n) is 6.98. The van der Waals surface area contributed by atoms with Gasteiger partial charge in [-0.25, -0.2) is 0 Å². The molecule has 2 bridgehead atoms. The summed E-state index contributed by atoms with van der Waals surface area (Å²) in [7, 11) is 4.03. The normalized spacial score (nSPS) is 25.0. The van der Waals surface area contributed by atoms with Crippen molar-refractivity contribution in [2.45, 2.75) is 38.4 Å². The van der Waals surface area contributed by atoms with Crippen molar-refractivity contribution in [1.29, 1.82) is 0 Å². The van der Waals surface area contributed by atoms with Gasteiger partial charge in [-0.1, -0.05) is 6.08 Å². The summed E-state index contributed by atoms with van der Waals surface area (Å²) in [5, 5.41) is 0. The van der Waals surface area contributed by atoms with E-state index in [1.165, 1.54) is 22.6 Å². The average Bonchev–Trinajstić information content (AvgIpc) is 2.99. The maximum atomic E-state index is 12.4. The Balaban J connectivity index is 1.58. The zero-order valence-corrected chi connectivity index (χ0v) is 15.2. The average molecular weight is 334 g/mol. The maximum Gasteiger partial charge on any atom is 0.246 e. The number of hydrogen-bond donors (Lipinski definition) is 0. The summed E-state index contributed by atoms with van der Waals surface area (Å²) < 4.78 is 0. The number of thiophene rings is 1. The molecule has 2 aliphatic rings. The van der Waals surface area contributed by atoms with E-state index in [0.29, 0.717) is 12.1 Å². The predicted octanol–water partition coefficient (Wildman–Crippen LogP) is 2.35. The summed E-state index contributed by atoms with van der Waals surface area (Å²) in [6.07, 6.45) is 6.16. The fourth-order valence-corrected chi connectivity index (χ4v) is 4.55. The van der Waals surface area contributed by atoms with Crippen LogP contribution in [0.25, 0.3) is 0 Å². The number of likely N-dealkylation sites (N-methyl/N-ethyl adjacent to an activating group) is 1. The van der Waals surface area contributed by atoms with E-state index in [1.54, 1.807) is 6.08 Å². The van der Waals surface area contributed by atoms with Gasteiger partial charge in [0.15, 0.2) is 0 Å². The number of carbonyl (C=O) groups is 1. The van der Waals surface area contributed by atoms with Crippen LogP contribution in [-0.4, -0.2) is 66.4 Å². The second-order valence-corrected chi connectivity index (χ2v) is 8.35. The smallest absolute Gasteiger partial charge is 0.246 e. The Bertz CT molecular complexity index is 567. The molecule has 2 aliphatic heterocycles. The minimum atomic E-state index is 0.176. The van der Waals surface area contributed by atoms with Crippen molar-refractivity contribution >= 4 is 17.2 Å². The van der Waals surface area contributed by atoms with Crippen LogP contribution in [0, 0.1) is 6.92 Å². The Kier molecular flexibility index (Phi) is 5.19.